The summed E-state index contributed by atoms with van der Waals surface area (Å²) >= 11 is 4.99. The third-order valence-electron chi connectivity index (χ3n) is 5.13. The highest BCUT2D eigenvalue weighted by molar-refractivity contribution is 7.71. The molecular weight excluding hydrogens is 338 g/mol. The fourth-order valence-electron chi connectivity index (χ4n) is 3.64. The van der Waals surface area contributed by atoms with Crippen molar-refractivity contribution in [1.82, 2.24) is 15.3 Å². The van der Waals surface area contributed by atoms with E-state index >= 15 is 0 Å². The Labute approximate surface area is 151 Å². The van der Waals surface area contributed by atoms with Gasteiger partial charge in [0, 0.05) is 25.8 Å². The van der Waals surface area contributed by atoms with Gasteiger partial charge in [-0.2, -0.15) is 0 Å². The van der Waals surface area contributed by atoms with E-state index in [-0.39, 0.29) is 21.7 Å². The van der Waals surface area contributed by atoms with Crippen LogP contribution in [0.5, 0.6) is 0 Å². The van der Waals surface area contributed by atoms with Crippen LogP contribution in [0, 0.1) is 10.2 Å². The predicted octanol–water partition coefficient (Wildman–Crippen LogP) is 2.91. The highest BCUT2D eigenvalue weighted by Crippen LogP contribution is 2.40. The molecule has 3 rings (SSSR count). The van der Waals surface area contributed by atoms with Crippen molar-refractivity contribution >= 4 is 29.0 Å². The molecule has 6 nitrogen and oxygen atoms in total. The molecular formula is C18H23N3O3S. The molecule has 0 spiro atoms. The molecule has 1 aliphatic carbocycles. The largest absolute Gasteiger partial charge is 0.385 e. The number of carbonyl (C=O) groups is 1. The first kappa shape index (κ1) is 17.8. The molecule has 1 aromatic heterocycles. The zero-order valence-corrected chi connectivity index (χ0v) is 15.1. The Bertz CT molecular complexity index is 881. The van der Waals surface area contributed by atoms with Crippen molar-refractivity contribution in [2.24, 2.45) is 5.41 Å². The van der Waals surface area contributed by atoms with E-state index < -0.39 is 0 Å². The normalized spacial score (nSPS) is 16.2. The third kappa shape index (κ3) is 3.99. The molecule has 134 valence electrons. The van der Waals surface area contributed by atoms with Crippen LogP contribution in [0.15, 0.2) is 23.0 Å². The summed E-state index contributed by atoms with van der Waals surface area (Å²) in [5.74, 6) is -0.134. The lowest BCUT2D eigenvalue weighted by molar-refractivity contribution is 0.0903. The van der Waals surface area contributed by atoms with Crippen LogP contribution in [-0.2, 0) is 4.74 Å². The van der Waals surface area contributed by atoms with Gasteiger partial charge in [0.2, 0.25) is 0 Å². The van der Waals surface area contributed by atoms with Gasteiger partial charge in [-0.3, -0.25) is 14.6 Å². The van der Waals surface area contributed by atoms with E-state index in [2.05, 4.69) is 15.3 Å². The second kappa shape index (κ2) is 7.49. The van der Waals surface area contributed by atoms with E-state index in [9.17, 15) is 9.59 Å². The van der Waals surface area contributed by atoms with Crippen LogP contribution in [0.1, 0.15) is 42.5 Å². The van der Waals surface area contributed by atoms with Crippen LogP contribution in [0.3, 0.4) is 0 Å². The second-order valence-corrected chi connectivity index (χ2v) is 7.21. The SMILES string of the molecule is COCCC1(CNC(=O)c2ccc3c(=O)[nH]c(=S)[nH]c3c2)CCCC1. The Kier molecular flexibility index (Phi) is 5.34. The van der Waals surface area contributed by atoms with Gasteiger partial charge in [-0.15, -0.1) is 0 Å². The summed E-state index contributed by atoms with van der Waals surface area (Å²) in [6.07, 6.45) is 5.61. The summed E-state index contributed by atoms with van der Waals surface area (Å²) < 4.78 is 5.48. The Hall–Kier alpha value is -1.99. The molecule has 1 saturated carbocycles. The summed E-state index contributed by atoms with van der Waals surface area (Å²) in [5, 5.41) is 3.55. The molecule has 1 aliphatic rings. The number of H-pyrrole nitrogens is 2. The summed E-state index contributed by atoms with van der Waals surface area (Å²) in [6.45, 7) is 1.36. The first-order valence-electron chi connectivity index (χ1n) is 8.57. The molecule has 3 N–H and O–H groups in total. The lowest BCUT2D eigenvalue weighted by Gasteiger charge is -2.29. The van der Waals surface area contributed by atoms with Crippen LogP contribution in [0.4, 0.5) is 0 Å². The summed E-state index contributed by atoms with van der Waals surface area (Å²) in [6, 6.07) is 4.98. The average Bonchev–Trinajstić information content (AvgIpc) is 3.06. The first-order valence-corrected chi connectivity index (χ1v) is 8.97. The highest BCUT2D eigenvalue weighted by Gasteiger charge is 2.33. The number of ether oxygens (including phenoxy) is 1. The van der Waals surface area contributed by atoms with Crippen molar-refractivity contribution in [3.63, 3.8) is 0 Å². The molecule has 0 atom stereocenters. The molecule has 1 amide bonds. The summed E-state index contributed by atoms with van der Waals surface area (Å²) in [7, 11) is 1.71. The number of benzene rings is 1. The topological polar surface area (TPSA) is 87.0 Å². The Morgan fingerprint density at radius 1 is 1.32 bits per heavy atom. The number of hydrogen-bond donors (Lipinski definition) is 3. The van der Waals surface area contributed by atoms with Crippen LogP contribution < -0.4 is 10.9 Å². The third-order valence-corrected chi connectivity index (χ3v) is 5.33. The van der Waals surface area contributed by atoms with Gasteiger partial charge in [-0.25, -0.2) is 0 Å². The van der Waals surface area contributed by atoms with E-state index in [1.54, 1.807) is 25.3 Å². The highest BCUT2D eigenvalue weighted by atomic mass is 32.1. The quantitative estimate of drug-likeness (QED) is 0.691. The molecule has 1 heterocycles. The monoisotopic (exact) mass is 361 g/mol. The minimum absolute atomic E-state index is 0.134. The predicted molar refractivity (Wildman–Crippen MR) is 99.5 cm³/mol. The van der Waals surface area contributed by atoms with Gasteiger partial charge < -0.3 is 15.0 Å². The number of carbonyl (C=O) groups excluding carboxylic acids is 1. The minimum atomic E-state index is -0.254. The molecule has 0 saturated heterocycles. The van der Waals surface area contributed by atoms with Gasteiger partial charge in [0.1, 0.15) is 0 Å². The van der Waals surface area contributed by atoms with Gasteiger partial charge in [-0.1, -0.05) is 12.8 Å². The molecule has 0 aliphatic heterocycles. The van der Waals surface area contributed by atoms with Crippen LogP contribution in [0.25, 0.3) is 10.9 Å². The van der Waals surface area contributed by atoms with E-state index in [1.165, 1.54) is 12.8 Å². The van der Waals surface area contributed by atoms with E-state index in [0.717, 1.165) is 19.3 Å². The number of fused-ring (bicyclic) bond motifs is 1. The van der Waals surface area contributed by atoms with E-state index in [1.807, 2.05) is 0 Å². The number of methoxy groups -OCH3 is 1. The molecule has 25 heavy (non-hydrogen) atoms. The van der Waals surface area contributed by atoms with Crippen molar-refractivity contribution in [3.8, 4) is 0 Å². The Morgan fingerprint density at radius 2 is 2.08 bits per heavy atom. The smallest absolute Gasteiger partial charge is 0.259 e. The maximum Gasteiger partial charge on any atom is 0.259 e. The second-order valence-electron chi connectivity index (χ2n) is 6.80. The molecule has 7 heteroatoms. The van der Waals surface area contributed by atoms with Crippen molar-refractivity contribution in [2.45, 2.75) is 32.1 Å². The van der Waals surface area contributed by atoms with Gasteiger partial charge in [0.25, 0.3) is 11.5 Å². The van der Waals surface area contributed by atoms with E-state index in [4.69, 9.17) is 17.0 Å². The van der Waals surface area contributed by atoms with Crippen LogP contribution in [0.2, 0.25) is 0 Å². The zero-order chi connectivity index (χ0) is 17.9. The van der Waals surface area contributed by atoms with Gasteiger partial charge in [-0.05, 0) is 55.1 Å². The Balaban J connectivity index is 1.75. The number of amides is 1. The average molecular weight is 361 g/mol. The number of hydrogen-bond acceptors (Lipinski definition) is 4. The minimum Gasteiger partial charge on any atom is -0.385 e. The van der Waals surface area contributed by atoms with Crippen molar-refractivity contribution in [1.29, 1.82) is 0 Å². The fourth-order valence-corrected chi connectivity index (χ4v) is 3.84. The summed E-state index contributed by atoms with van der Waals surface area (Å²) in [5.41, 5.74) is 0.967. The van der Waals surface area contributed by atoms with Crippen LogP contribution in [-0.4, -0.2) is 36.1 Å². The molecule has 2 aromatic rings. The van der Waals surface area contributed by atoms with Gasteiger partial charge >= 0.3 is 0 Å². The fraction of sp³-hybridized carbons (Fsp3) is 0.500. The number of nitrogens with one attached hydrogen (secondary N) is 3. The maximum atomic E-state index is 12.6. The first-order chi connectivity index (χ1) is 12.0. The zero-order valence-electron chi connectivity index (χ0n) is 14.3. The van der Waals surface area contributed by atoms with Crippen LogP contribution >= 0.6 is 12.2 Å². The molecule has 0 radical (unpaired) electrons. The van der Waals surface area contributed by atoms with Crippen molar-refractivity contribution in [2.75, 3.05) is 20.3 Å². The lowest BCUT2D eigenvalue weighted by atomic mass is 9.83. The molecule has 0 bridgehead atoms. The standard InChI is InChI=1S/C18H23N3O3S/c1-24-9-8-18(6-2-3-7-18)11-19-15(22)12-4-5-13-14(10-12)20-17(25)21-16(13)23/h4-5,10H,2-3,6-9,11H2,1H3,(H,19,22)(H2,20,21,23,25). The number of rotatable bonds is 6. The Morgan fingerprint density at radius 3 is 2.80 bits per heavy atom. The molecule has 1 fully saturated rings. The van der Waals surface area contributed by atoms with Gasteiger partial charge in [0.15, 0.2) is 4.77 Å². The number of aromatic amines is 2. The number of aromatic nitrogens is 2. The molecule has 1 aromatic carbocycles. The van der Waals surface area contributed by atoms with Gasteiger partial charge in [0.05, 0.1) is 10.9 Å². The molecule has 0 unspecified atom stereocenters. The van der Waals surface area contributed by atoms with Crippen molar-refractivity contribution < 1.29 is 9.53 Å². The van der Waals surface area contributed by atoms with Crippen molar-refractivity contribution in [3.05, 3.63) is 38.9 Å². The maximum absolute atomic E-state index is 12.6. The van der Waals surface area contributed by atoms with E-state index in [0.29, 0.717) is 29.6 Å². The lowest BCUT2D eigenvalue weighted by Crippen LogP contribution is -2.36. The summed E-state index contributed by atoms with van der Waals surface area (Å²) in [4.78, 5) is 29.9.